The summed E-state index contributed by atoms with van der Waals surface area (Å²) >= 11 is 0. The van der Waals surface area contributed by atoms with Crippen molar-refractivity contribution in [1.82, 2.24) is 4.98 Å². The van der Waals surface area contributed by atoms with Crippen LogP contribution in [0.3, 0.4) is 0 Å². The lowest BCUT2D eigenvalue weighted by Crippen LogP contribution is -2.31. The number of pyridine rings is 1. The standard InChI is InChI=1S/C13H18F3N3O/c1-8(9-2-4-20-5-3-9)18-12-7-10(13(14,15)16)6-11(17)19-12/h6-9H,2-5H2,1H3,(H3,17,18,19). The van der Waals surface area contributed by atoms with Crippen molar-refractivity contribution in [3.8, 4) is 0 Å². The van der Waals surface area contributed by atoms with E-state index < -0.39 is 11.7 Å². The van der Waals surface area contributed by atoms with E-state index in [0.29, 0.717) is 19.1 Å². The van der Waals surface area contributed by atoms with Crippen molar-refractivity contribution in [2.24, 2.45) is 5.92 Å². The van der Waals surface area contributed by atoms with Gasteiger partial charge in [-0.25, -0.2) is 4.98 Å². The third-order valence-corrected chi connectivity index (χ3v) is 3.52. The van der Waals surface area contributed by atoms with Crippen molar-refractivity contribution in [2.45, 2.75) is 32.0 Å². The maximum Gasteiger partial charge on any atom is 0.416 e. The Hall–Kier alpha value is -1.50. The Bertz CT molecular complexity index is 459. The van der Waals surface area contributed by atoms with Gasteiger partial charge in [-0.1, -0.05) is 0 Å². The van der Waals surface area contributed by atoms with Crippen molar-refractivity contribution in [1.29, 1.82) is 0 Å². The zero-order valence-corrected chi connectivity index (χ0v) is 11.2. The molecule has 1 saturated heterocycles. The average Bonchev–Trinajstić information content (AvgIpc) is 2.38. The van der Waals surface area contributed by atoms with E-state index in [-0.39, 0.29) is 17.7 Å². The average molecular weight is 289 g/mol. The highest BCUT2D eigenvalue weighted by Gasteiger charge is 2.31. The molecule has 1 atom stereocenters. The number of anilines is 2. The molecule has 0 radical (unpaired) electrons. The summed E-state index contributed by atoms with van der Waals surface area (Å²) in [5.74, 6) is 0.388. The van der Waals surface area contributed by atoms with Gasteiger partial charge in [0, 0.05) is 19.3 Å². The topological polar surface area (TPSA) is 60.2 Å². The van der Waals surface area contributed by atoms with Crippen LogP contribution in [0.15, 0.2) is 12.1 Å². The van der Waals surface area contributed by atoms with Crippen molar-refractivity contribution in [3.05, 3.63) is 17.7 Å². The second kappa shape index (κ2) is 5.87. The molecule has 20 heavy (non-hydrogen) atoms. The van der Waals surface area contributed by atoms with E-state index in [1.807, 2.05) is 6.92 Å². The molecular weight excluding hydrogens is 271 g/mol. The molecule has 1 aliphatic heterocycles. The summed E-state index contributed by atoms with van der Waals surface area (Å²) in [5.41, 5.74) is 4.65. The van der Waals surface area contributed by atoms with Gasteiger partial charge in [-0.05, 0) is 37.8 Å². The minimum Gasteiger partial charge on any atom is -0.384 e. The van der Waals surface area contributed by atoms with Gasteiger partial charge in [0.05, 0.1) is 5.56 Å². The number of nitrogens with zero attached hydrogens (tertiary/aromatic N) is 1. The molecule has 2 heterocycles. The number of aromatic nitrogens is 1. The zero-order valence-electron chi connectivity index (χ0n) is 11.2. The number of halogens is 3. The van der Waals surface area contributed by atoms with Crippen LogP contribution in [0.5, 0.6) is 0 Å². The highest BCUT2D eigenvalue weighted by Crippen LogP contribution is 2.32. The van der Waals surface area contributed by atoms with Crippen LogP contribution >= 0.6 is 0 Å². The van der Waals surface area contributed by atoms with Gasteiger partial charge in [0.2, 0.25) is 0 Å². The van der Waals surface area contributed by atoms with Crippen LogP contribution in [0.4, 0.5) is 24.8 Å². The molecule has 1 aromatic rings. The predicted octanol–water partition coefficient (Wildman–Crippen LogP) is 2.91. The monoisotopic (exact) mass is 289 g/mol. The predicted molar refractivity (Wildman–Crippen MR) is 70.3 cm³/mol. The van der Waals surface area contributed by atoms with Gasteiger partial charge in [-0.15, -0.1) is 0 Å². The second-order valence-corrected chi connectivity index (χ2v) is 5.05. The molecule has 2 rings (SSSR count). The molecule has 7 heteroatoms. The minimum absolute atomic E-state index is 0.0225. The van der Waals surface area contributed by atoms with Crippen LogP contribution in [0.25, 0.3) is 0 Å². The molecule has 4 nitrogen and oxygen atoms in total. The molecule has 1 fully saturated rings. The van der Waals surface area contributed by atoms with E-state index in [2.05, 4.69) is 10.3 Å². The smallest absolute Gasteiger partial charge is 0.384 e. The fourth-order valence-electron chi connectivity index (χ4n) is 2.36. The van der Waals surface area contributed by atoms with E-state index in [4.69, 9.17) is 10.5 Å². The maximum absolute atomic E-state index is 12.7. The first-order chi connectivity index (χ1) is 9.36. The Morgan fingerprint density at radius 2 is 2.00 bits per heavy atom. The van der Waals surface area contributed by atoms with E-state index in [0.717, 1.165) is 25.0 Å². The summed E-state index contributed by atoms with van der Waals surface area (Å²) < 4.78 is 43.4. The van der Waals surface area contributed by atoms with E-state index in [1.165, 1.54) is 0 Å². The summed E-state index contributed by atoms with van der Waals surface area (Å²) in [7, 11) is 0. The Morgan fingerprint density at radius 1 is 1.35 bits per heavy atom. The van der Waals surface area contributed by atoms with Crippen LogP contribution < -0.4 is 11.1 Å². The zero-order chi connectivity index (χ0) is 14.8. The van der Waals surface area contributed by atoms with Crippen molar-refractivity contribution in [2.75, 3.05) is 24.3 Å². The normalized spacial score (nSPS) is 18.8. The van der Waals surface area contributed by atoms with Crippen LogP contribution in [0, 0.1) is 5.92 Å². The molecule has 0 aliphatic carbocycles. The SMILES string of the molecule is CC(Nc1cc(C(F)(F)F)cc(N)n1)C1CCOCC1. The van der Waals surface area contributed by atoms with Crippen LogP contribution in [-0.2, 0) is 10.9 Å². The second-order valence-electron chi connectivity index (χ2n) is 5.05. The van der Waals surface area contributed by atoms with Crippen LogP contribution in [0.1, 0.15) is 25.3 Å². The maximum atomic E-state index is 12.7. The molecule has 112 valence electrons. The molecule has 0 bridgehead atoms. The number of hydrogen-bond donors (Lipinski definition) is 2. The number of hydrogen-bond acceptors (Lipinski definition) is 4. The number of ether oxygens (including phenoxy) is 1. The fourth-order valence-corrected chi connectivity index (χ4v) is 2.36. The van der Waals surface area contributed by atoms with E-state index in [1.54, 1.807) is 0 Å². The van der Waals surface area contributed by atoms with Crippen molar-refractivity contribution >= 4 is 11.6 Å². The van der Waals surface area contributed by atoms with Crippen LogP contribution in [-0.4, -0.2) is 24.2 Å². The van der Waals surface area contributed by atoms with Crippen molar-refractivity contribution < 1.29 is 17.9 Å². The molecule has 0 aromatic carbocycles. The Morgan fingerprint density at radius 3 is 2.60 bits per heavy atom. The summed E-state index contributed by atoms with van der Waals surface area (Å²) in [6, 6.07) is 1.85. The molecule has 1 aliphatic rings. The van der Waals surface area contributed by atoms with Gasteiger partial charge in [0.1, 0.15) is 11.6 Å². The summed E-state index contributed by atoms with van der Waals surface area (Å²) in [6.07, 6.45) is -2.64. The van der Waals surface area contributed by atoms with Gasteiger partial charge < -0.3 is 15.8 Å². The minimum atomic E-state index is -4.42. The Balaban J connectivity index is 2.10. The molecule has 0 spiro atoms. The summed E-state index contributed by atoms with van der Waals surface area (Å²) in [6.45, 7) is 3.32. The largest absolute Gasteiger partial charge is 0.416 e. The van der Waals surface area contributed by atoms with Gasteiger partial charge in [0.25, 0.3) is 0 Å². The van der Waals surface area contributed by atoms with Crippen LogP contribution in [0.2, 0.25) is 0 Å². The van der Waals surface area contributed by atoms with E-state index >= 15 is 0 Å². The van der Waals surface area contributed by atoms with Gasteiger partial charge in [0.15, 0.2) is 0 Å². The molecule has 0 saturated carbocycles. The van der Waals surface area contributed by atoms with Crippen molar-refractivity contribution in [3.63, 3.8) is 0 Å². The number of nitrogen functional groups attached to an aromatic ring is 1. The summed E-state index contributed by atoms with van der Waals surface area (Å²) in [4.78, 5) is 3.92. The lowest BCUT2D eigenvalue weighted by atomic mass is 9.93. The summed E-state index contributed by atoms with van der Waals surface area (Å²) in [5, 5.41) is 3.02. The number of nitrogens with one attached hydrogen (secondary N) is 1. The molecule has 1 aromatic heterocycles. The molecule has 1 unspecified atom stereocenters. The highest BCUT2D eigenvalue weighted by atomic mass is 19.4. The lowest BCUT2D eigenvalue weighted by molar-refractivity contribution is -0.137. The molecular formula is C13H18F3N3O. The first-order valence-electron chi connectivity index (χ1n) is 6.55. The highest BCUT2D eigenvalue weighted by molar-refractivity contribution is 5.48. The number of alkyl halides is 3. The quantitative estimate of drug-likeness (QED) is 0.898. The Kier molecular flexibility index (Phi) is 4.37. The lowest BCUT2D eigenvalue weighted by Gasteiger charge is -2.28. The third kappa shape index (κ3) is 3.75. The molecule has 3 N–H and O–H groups in total. The first-order valence-corrected chi connectivity index (χ1v) is 6.55. The van der Waals surface area contributed by atoms with E-state index in [9.17, 15) is 13.2 Å². The van der Waals surface area contributed by atoms with Gasteiger partial charge in [-0.3, -0.25) is 0 Å². The van der Waals surface area contributed by atoms with Gasteiger partial charge >= 0.3 is 6.18 Å². The molecule has 0 amide bonds. The number of nitrogens with two attached hydrogens (primary N) is 1. The first kappa shape index (κ1) is 14.9. The third-order valence-electron chi connectivity index (χ3n) is 3.52. The fraction of sp³-hybridized carbons (Fsp3) is 0.615. The van der Waals surface area contributed by atoms with Gasteiger partial charge in [-0.2, -0.15) is 13.2 Å². The number of rotatable bonds is 3. The Labute approximate surface area is 115 Å².